The minimum absolute atomic E-state index is 0.0302. The molecule has 0 heterocycles. The Labute approximate surface area is 125 Å². The highest BCUT2D eigenvalue weighted by Crippen LogP contribution is 2.14. The average Bonchev–Trinajstić information content (AvgIpc) is 2.46. The summed E-state index contributed by atoms with van der Waals surface area (Å²) in [4.78, 5) is 0. The molecule has 0 bridgehead atoms. The highest BCUT2D eigenvalue weighted by molar-refractivity contribution is 5.06. The number of unbranched alkanes of at least 4 members (excludes halogenated alkanes) is 3. The average molecular weight is 278 g/mol. The van der Waals surface area contributed by atoms with Gasteiger partial charge in [-0.1, -0.05) is 56.8 Å². The lowest BCUT2D eigenvalue weighted by atomic mass is 10.0. The maximum atomic E-state index is 5.85. The first-order valence-electron chi connectivity index (χ1n) is 7.67. The third-order valence-electron chi connectivity index (χ3n) is 3.00. The van der Waals surface area contributed by atoms with E-state index in [0.29, 0.717) is 13.2 Å². The van der Waals surface area contributed by atoms with Gasteiger partial charge in [0, 0.05) is 0 Å². The van der Waals surface area contributed by atoms with Gasteiger partial charge in [-0.05, 0) is 20.3 Å². The molecule has 0 N–H and O–H groups in total. The van der Waals surface area contributed by atoms with Crippen LogP contribution in [0.25, 0.3) is 0 Å². The molecule has 0 aromatic heterocycles. The zero-order chi connectivity index (χ0) is 15.1. The molecule has 0 saturated carbocycles. The summed E-state index contributed by atoms with van der Waals surface area (Å²) >= 11 is 0. The van der Waals surface area contributed by atoms with E-state index >= 15 is 0 Å². The summed E-state index contributed by atoms with van der Waals surface area (Å²) in [5.41, 5.74) is 0. The standard InChI is InChI=1S/C18H30O2/c1-5-9-11-12-14-18(19-15-8-4)17(13-7-3)20-16-10-6-2/h6,8,10,17-18H,4-5,9,11-12,14-16H2,1-3H3/b10-6+/t17-,18-/m0/s1. The molecule has 0 spiro atoms. The van der Waals surface area contributed by atoms with Crippen LogP contribution in [0.3, 0.4) is 0 Å². The zero-order valence-electron chi connectivity index (χ0n) is 13.4. The molecular weight excluding hydrogens is 248 g/mol. The molecule has 2 heteroatoms. The lowest BCUT2D eigenvalue weighted by Gasteiger charge is -2.23. The van der Waals surface area contributed by atoms with Crippen LogP contribution in [-0.2, 0) is 9.47 Å². The Hall–Kier alpha value is -1.04. The molecule has 0 rings (SSSR count). The van der Waals surface area contributed by atoms with Crippen molar-refractivity contribution in [3.05, 3.63) is 24.8 Å². The second kappa shape index (κ2) is 14.4. The molecule has 2 nitrogen and oxygen atoms in total. The Kier molecular flexibility index (Phi) is 13.6. The van der Waals surface area contributed by atoms with Crippen molar-refractivity contribution in [2.45, 2.75) is 65.1 Å². The molecule has 0 saturated heterocycles. The fourth-order valence-corrected chi connectivity index (χ4v) is 1.93. The van der Waals surface area contributed by atoms with E-state index in [1.54, 1.807) is 6.08 Å². The minimum Gasteiger partial charge on any atom is -0.370 e. The number of allylic oxidation sites excluding steroid dienone is 1. The van der Waals surface area contributed by atoms with Crippen LogP contribution in [0.1, 0.15) is 52.9 Å². The van der Waals surface area contributed by atoms with Crippen molar-refractivity contribution in [3.63, 3.8) is 0 Å². The smallest absolute Gasteiger partial charge is 0.144 e. The number of hydrogen-bond acceptors (Lipinski definition) is 2. The molecule has 0 aliphatic heterocycles. The molecule has 0 aromatic rings. The first-order valence-corrected chi connectivity index (χ1v) is 7.67. The number of ether oxygens (including phenoxy) is 2. The van der Waals surface area contributed by atoms with E-state index in [9.17, 15) is 0 Å². The quantitative estimate of drug-likeness (QED) is 0.297. The van der Waals surface area contributed by atoms with Crippen molar-refractivity contribution in [3.8, 4) is 11.8 Å². The summed E-state index contributed by atoms with van der Waals surface area (Å²) in [7, 11) is 0. The van der Waals surface area contributed by atoms with Crippen LogP contribution in [0.4, 0.5) is 0 Å². The highest BCUT2D eigenvalue weighted by atomic mass is 16.5. The highest BCUT2D eigenvalue weighted by Gasteiger charge is 2.20. The SMILES string of the molecule is C=CCO[C@@H](CCCCCC)[C@H](C#CC)OC/C=C/C. The Morgan fingerprint density at radius 1 is 1.15 bits per heavy atom. The third kappa shape index (κ3) is 9.83. The van der Waals surface area contributed by atoms with E-state index in [2.05, 4.69) is 25.3 Å². The number of hydrogen-bond donors (Lipinski definition) is 0. The molecule has 0 unspecified atom stereocenters. The van der Waals surface area contributed by atoms with Crippen molar-refractivity contribution in [2.75, 3.05) is 13.2 Å². The Bertz CT molecular complexity index is 309. The molecule has 0 amide bonds. The van der Waals surface area contributed by atoms with E-state index in [1.807, 2.05) is 26.0 Å². The summed E-state index contributed by atoms with van der Waals surface area (Å²) in [6, 6.07) is 0. The van der Waals surface area contributed by atoms with E-state index in [1.165, 1.54) is 19.3 Å². The van der Waals surface area contributed by atoms with Gasteiger partial charge < -0.3 is 9.47 Å². The lowest BCUT2D eigenvalue weighted by molar-refractivity contribution is -0.0358. The largest absolute Gasteiger partial charge is 0.370 e. The maximum Gasteiger partial charge on any atom is 0.144 e. The van der Waals surface area contributed by atoms with Gasteiger partial charge in [0.1, 0.15) is 6.10 Å². The second-order valence-corrected chi connectivity index (χ2v) is 4.73. The number of rotatable bonds is 12. The van der Waals surface area contributed by atoms with Crippen LogP contribution in [0.5, 0.6) is 0 Å². The molecule has 0 aromatic carbocycles. The van der Waals surface area contributed by atoms with Gasteiger partial charge in [-0.25, -0.2) is 0 Å². The van der Waals surface area contributed by atoms with Crippen molar-refractivity contribution < 1.29 is 9.47 Å². The first kappa shape index (κ1) is 19.0. The second-order valence-electron chi connectivity index (χ2n) is 4.73. The Morgan fingerprint density at radius 3 is 2.55 bits per heavy atom. The van der Waals surface area contributed by atoms with Gasteiger partial charge in [0.25, 0.3) is 0 Å². The molecule has 0 fully saturated rings. The summed E-state index contributed by atoms with van der Waals surface area (Å²) < 4.78 is 11.7. The zero-order valence-corrected chi connectivity index (χ0v) is 13.4. The van der Waals surface area contributed by atoms with E-state index < -0.39 is 0 Å². The van der Waals surface area contributed by atoms with Gasteiger partial charge in [0.15, 0.2) is 0 Å². The third-order valence-corrected chi connectivity index (χ3v) is 3.00. The van der Waals surface area contributed by atoms with Crippen molar-refractivity contribution in [1.29, 1.82) is 0 Å². The van der Waals surface area contributed by atoms with E-state index in [-0.39, 0.29) is 12.2 Å². The minimum atomic E-state index is -0.155. The van der Waals surface area contributed by atoms with Gasteiger partial charge in [0.2, 0.25) is 0 Å². The fourth-order valence-electron chi connectivity index (χ4n) is 1.93. The van der Waals surface area contributed by atoms with Crippen molar-refractivity contribution in [2.24, 2.45) is 0 Å². The van der Waals surface area contributed by atoms with Crippen LogP contribution in [0.15, 0.2) is 24.8 Å². The molecule has 0 aliphatic rings. The van der Waals surface area contributed by atoms with Gasteiger partial charge >= 0.3 is 0 Å². The van der Waals surface area contributed by atoms with Gasteiger partial charge in [-0.15, -0.1) is 12.5 Å². The summed E-state index contributed by atoms with van der Waals surface area (Å²) in [6.45, 7) is 10.9. The van der Waals surface area contributed by atoms with E-state index in [0.717, 1.165) is 12.8 Å². The normalized spacial score (nSPS) is 13.8. The van der Waals surface area contributed by atoms with Gasteiger partial charge in [-0.2, -0.15) is 0 Å². The monoisotopic (exact) mass is 278 g/mol. The lowest BCUT2D eigenvalue weighted by Crippen LogP contribution is -2.31. The maximum absolute atomic E-state index is 5.85. The van der Waals surface area contributed by atoms with Crippen LogP contribution >= 0.6 is 0 Å². The Morgan fingerprint density at radius 2 is 1.95 bits per heavy atom. The van der Waals surface area contributed by atoms with E-state index in [4.69, 9.17) is 9.47 Å². The van der Waals surface area contributed by atoms with Crippen LogP contribution in [0, 0.1) is 11.8 Å². The van der Waals surface area contributed by atoms with Crippen LogP contribution in [-0.4, -0.2) is 25.4 Å². The predicted molar refractivity (Wildman–Crippen MR) is 86.7 cm³/mol. The molecule has 20 heavy (non-hydrogen) atoms. The summed E-state index contributed by atoms with van der Waals surface area (Å²) in [5, 5.41) is 0. The van der Waals surface area contributed by atoms with Crippen molar-refractivity contribution >= 4 is 0 Å². The first-order chi connectivity index (χ1) is 9.79. The predicted octanol–water partition coefficient (Wildman–Crippen LogP) is 4.51. The molecule has 0 radical (unpaired) electrons. The molecule has 0 aliphatic carbocycles. The summed E-state index contributed by atoms with van der Waals surface area (Å²) in [5.74, 6) is 6.07. The van der Waals surface area contributed by atoms with Crippen LogP contribution < -0.4 is 0 Å². The molecular formula is C18H30O2. The van der Waals surface area contributed by atoms with Crippen LogP contribution in [0.2, 0.25) is 0 Å². The fraction of sp³-hybridized carbons (Fsp3) is 0.667. The summed E-state index contributed by atoms with van der Waals surface area (Å²) in [6.07, 6.45) is 11.5. The molecule has 114 valence electrons. The van der Waals surface area contributed by atoms with Gasteiger partial charge in [0.05, 0.1) is 19.3 Å². The topological polar surface area (TPSA) is 18.5 Å². The van der Waals surface area contributed by atoms with Gasteiger partial charge in [-0.3, -0.25) is 0 Å². The Balaban J connectivity index is 4.45. The molecule has 2 atom stereocenters. The van der Waals surface area contributed by atoms with Crippen molar-refractivity contribution in [1.82, 2.24) is 0 Å².